The number of pyridine rings is 1. The summed E-state index contributed by atoms with van der Waals surface area (Å²) in [7, 11) is 1.89. The number of aliphatic hydroxyl groups excluding tert-OH is 2. The molecule has 2 heterocycles. The number of benzene rings is 3. The van der Waals surface area contributed by atoms with Crippen molar-refractivity contribution in [2.24, 2.45) is 7.05 Å². The van der Waals surface area contributed by atoms with Gasteiger partial charge in [0.2, 0.25) is 0 Å². The Kier molecular flexibility index (Phi) is 3.64. The molecule has 5 nitrogen and oxygen atoms in total. The van der Waals surface area contributed by atoms with Crippen LogP contribution in [0.1, 0.15) is 31.1 Å². The Morgan fingerprint density at radius 1 is 1.07 bits per heavy atom. The molecule has 29 heavy (non-hydrogen) atoms. The van der Waals surface area contributed by atoms with Crippen LogP contribution in [0.4, 0.5) is 0 Å². The quantitative estimate of drug-likeness (QED) is 0.450. The molecule has 0 fully saturated rings. The van der Waals surface area contributed by atoms with Gasteiger partial charge in [-0.25, -0.2) is 0 Å². The molecule has 0 amide bonds. The summed E-state index contributed by atoms with van der Waals surface area (Å²) < 4.78 is 7.98. The van der Waals surface area contributed by atoms with Gasteiger partial charge in [-0.3, -0.25) is 4.79 Å². The molecule has 0 saturated carbocycles. The minimum atomic E-state index is -1.15. The number of rotatable bonds is 0. The van der Waals surface area contributed by atoms with Gasteiger partial charge >= 0.3 is 0 Å². The minimum Gasteiger partial charge on any atom is -0.485 e. The van der Waals surface area contributed by atoms with E-state index in [1.165, 1.54) is 0 Å². The van der Waals surface area contributed by atoms with Gasteiger partial charge in [0.15, 0.2) is 5.43 Å². The van der Waals surface area contributed by atoms with Gasteiger partial charge < -0.3 is 19.5 Å². The molecule has 4 aromatic rings. The monoisotopic (exact) mass is 389 g/mol. The SMILES string of the molecule is Cc1cc2c(c3c1c(=O)c1cc4ccccc4cc1n3C)[C@H](O)[C@@H](O)C(C)(C)O2. The van der Waals surface area contributed by atoms with Gasteiger partial charge in [-0.2, -0.15) is 0 Å². The lowest BCUT2D eigenvalue weighted by Gasteiger charge is -2.40. The smallest absolute Gasteiger partial charge is 0.197 e. The third-order valence-corrected chi connectivity index (χ3v) is 6.21. The fraction of sp³-hybridized carbons (Fsp3) is 0.292. The predicted molar refractivity (Wildman–Crippen MR) is 115 cm³/mol. The van der Waals surface area contributed by atoms with Crippen LogP contribution in [0.5, 0.6) is 5.75 Å². The second kappa shape index (κ2) is 5.81. The van der Waals surface area contributed by atoms with Crippen LogP contribution in [0.2, 0.25) is 0 Å². The molecule has 1 aliphatic heterocycles. The van der Waals surface area contributed by atoms with E-state index >= 15 is 0 Å². The second-order valence-electron chi connectivity index (χ2n) is 8.53. The van der Waals surface area contributed by atoms with Crippen LogP contribution < -0.4 is 10.2 Å². The molecule has 148 valence electrons. The molecule has 0 spiro atoms. The van der Waals surface area contributed by atoms with Crippen molar-refractivity contribution in [2.45, 2.75) is 38.6 Å². The summed E-state index contributed by atoms with van der Waals surface area (Å²) in [5.74, 6) is 0.507. The molecule has 5 rings (SSSR count). The Labute approximate surface area is 167 Å². The van der Waals surface area contributed by atoms with E-state index in [1.807, 2.05) is 54.9 Å². The lowest BCUT2D eigenvalue weighted by Crippen LogP contribution is -2.49. The van der Waals surface area contributed by atoms with Crippen molar-refractivity contribution in [3.05, 3.63) is 63.8 Å². The number of aliphatic hydroxyl groups is 2. The highest BCUT2D eigenvalue weighted by molar-refractivity contribution is 6.03. The van der Waals surface area contributed by atoms with Crippen LogP contribution in [-0.2, 0) is 7.05 Å². The summed E-state index contributed by atoms with van der Waals surface area (Å²) in [5, 5.41) is 24.8. The Morgan fingerprint density at radius 3 is 2.41 bits per heavy atom. The van der Waals surface area contributed by atoms with Gasteiger partial charge in [0.1, 0.15) is 23.6 Å². The lowest BCUT2D eigenvalue weighted by molar-refractivity contribution is -0.111. The molecule has 0 aliphatic carbocycles. The highest BCUT2D eigenvalue weighted by Gasteiger charge is 2.43. The maximum Gasteiger partial charge on any atom is 0.197 e. The third kappa shape index (κ3) is 2.38. The molecule has 0 unspecified atom stereocenters. The van der Waals surface area contributed by atoms with Crippen molar-refractivity contribution in [1.82, 2.24) is 4.57 Å². The molecule has 3 aromatic carbocycles. The Bertz CT molecular complexity index is 1380. The molecule has 2 N–H and O–H groups in total. The first-order valence-corrected chi connectivity index (χ1v) is 9.74. The van der Waals surface area contributed by atoms with E-state index in [0.717, 1.165) is 21.9 Å². The molecule has 5 heteroatoms. The van der Waals surface area contributed by atoms with Gasteiger partial charge in [-0.05, 0) is 55.3 Å². The number of hydrogen-bond donors (Lipinski definition) is 2. The van der Waals surface area contributed by atoms with Crippen LogP contribution >= 0.6 is 0 Å². The van der Waals surface area contributed by atoms with E-state index in [1.54, 1.807) is 19.9 Å². The average Bonchev–Trinajstić information content (AvgIpc) is 2.68. The Balaban J connectivity index is 2.00. The molecule has 0 bridgehead atoms. The molecule has 0 radical (unpaired) electrons. The van der Waals surface area contributed by atoms with Crippen LogP contribution in [0.3, 0.4) is 0 Å². The summed E-state index contributed by atoms with van der Waals surface area (Å²) in [4.78, 5) is 13.5. The number of aryl methyl sites for hydroxylation is 2. The molecular weight excluding hydrogens is 366 g/mol. The second-order valence-corrected chi connectivity index (χ2v) is 8.53. The van der Waals surface area contributed by atoms with E-state index in [0.29, 0.717) is 27.6 Å². The highest BCUT2D eigenvalue weighted by atomic mass is 16.5. The number of ether oxygens (including phenoxy) is 1. The van der Waals surface area contributed by atoms with Crippen molar-refractivity contribution in [1.29, 1.82) is 0 Å². The van der Waals surface area contributed by atoms with E-state index in [2.05, 4.69) is 0 Å². The van der Waals surface area contributed by atoms with Gasteiger partial charge in [-0.1, -0.05) is 24.3 Å². The summed E-state index contributed by atoms with van der Waals surface area (Å²) in [6, 6.07) is 13.6. The van der Waals surface area contributed by atoms with Gasteiger partial charge in [0.25, 0.3) is 0 Å². The predicted octanol–water partition coefficient (Wildman–Crippen LogP) is 3.72. The zero-order valence-corrected chi connectivity index (χ0v) is 16.9. The molecule has 1 aromatic heterocycles. The third-order valence-electron chi connectivity index (χ3n) is 6.21. The number of fused-ring (bicyclic) bond motifs is 5. The number of hydrogen-bond acceptors (Lipinski definition) is 4. The molecular formula is C24H23NO4. The van der Waals surface area contributed by atoms with Gasteiger partial charge in [0.05, 0.1) is 11.0 Å². The first-order chi connectivity index (χ1) is 13.7. The molecule has 2 atom stereocenters. The van der Waals surface area contributed by atoms with Crippen molar-refractivity contribution in [3.63, 3.8) is 0 Å². The summed E-state index contributed by atoms with van der Waals surface area (Å²) in [6.07, 6.45) is -2.26. The summed E-state index contributed by atoms with van der Waals surface area (Å²) in [5.41, 5.74) is 1.63. The van der Waals surface area contributed by atoms with Crippen LogP contribution in [0, 0.1) is 6.92 Å². The lowest BCUT2D eigenvalue weighted by atomic mass is 9.86. The van der Waals surface area contributed by atoms with Crippen LogP contribution in [0.25, 0.3) is 32.6 Å². The maximum atomic E-state index is 13.5. The van der Waals surface area contributed by atoms with Crippen molar-refractivity contribution in [3.8, 4) is 5.75 Å². The van der Waals surface area contributed by atoms with Gasteiger partial charge in [-0.15, -0.1) is 0 Å². The summed E-state index contributed by atoms with van der Waals surface area (Å²) in [6.45, 7) is 5.37. The topological polar surface area (TPSA) is 71.7 Å². The first kappa shape index (κ1) is 18.2. The van der Waals surface area contributed by atoms with Gasteiger partial charge in [0, 0.05) is 23.4 Å². The number of aromatic nitrogens is 1. The van der Waals surface area contributed by atoms with E-state index in [4.69, 9.17) is 4.74 Å². The molecule has 0 saturated heterocycles. The fourth-order valence-electron chi connectivity index (χ4n) is 4.61. The Morgan fingerprint density at radius 2 is 1.72 bits per heavy atom. The van der Waals surface area contributed by atoms with Crippen molar-refractivity contribution < 1.29 is 14.9 Å². The van der Waals surface area contributed by atoms with Crippen molar-refractivity contribution >= 4 is 32.6 Å². The standard InChI is InChI=1S/C24H23NO4/c1-12-9-17-19(22(27)23(28)24(2,3)29-17)20-18(12)21(26)15-10-13-7-5-6-8-14(13)11-16(15)25(20)4/h5-11,22-23,27-28H,1-4H3/t22-,23+/m0/s1. The van der Waals surface area contributed by atoms with E-state index in [-0.39, 0.29) is 5.43 Å². The normalized spacial score (nSPS) is 20.8. The maximum absolute atomic E-state index is 13.5. The summed E-state index contributed by atoms with van der Waals surface area (Å²) >= 11 is 0. The fourth-order valence-corrected chi connectivity index (χ4v) is 4.61. The van der Waals surface area contributed by atoms with Crippen LogP contribution in [-0.4, -0.2) is 26.5 Å². The van der Waals surface area contributed by atoms with E-state index < -0.39 is 17.8 Å². The highest BCUT2D eigenvalue weighted by Crippen LogP contribution is 2.44. The van der Waals surface area contributed by atoms with E-state index in [9.17, 15) is 15.0 Å². The molecule has 1 aliphatic rings. The Hall–Kier alpha value is -2.89. The first-order valence-electron chi connectivity index (χ1n) is 9.74. The zero-order chi connectivity index (χ0) is 20.7. The largest absolute Gasteiger partial charge is 0.485 e. The van der Waals surface area contributed by atoms with Crippen LogP contribution in [0.15, 0.2) is 47.3 Å². The number of nitrogens with zero attached hydrogens (tertiary/aromatic N) is 1. The minimum absolute atomic E-state index is 0.0781. The van der Waals surface area contributed by atoms with Crippen molar-refractivity contribution in [2.75, 3.05) is 0 Å². The average molecular weight is 389 g/mol. The zero-order valence-electron chi connectivity index (χ0n) is 16.9.